The van der Waals surface area contributed by atoms with Crippen LogP contribution in [0.3, 0.4) is 0 Å². The third-order valence-electron chi connectivity index (χ3n) is 7.44. The predicted octanol–water partition coefficient (Wildman–Crippen LogP) is 6.99. The first-order valence-electron chi connectivity index (χ1n) is 15.2. The molecule has 0 radical (unpaired) electrons. The lowest BCUT2D eigenvalue weighted by Crippen LogP contribution is -2.60. The first kappa shape index (κ1) is 33.3. The van der Waals surface area contributed by atoms with Gasteiger partial charge in [-0.15, -0.1) is 11.8 Å². The van der Waals surface area contributed by atoms with Crippen molar-refractivity contribution in [3.63, 3.8) is 0 Å². The number of hydrogen-bond acceptors (Lipinski definition) is 9. The summed E-state index contributed by atoms with van der Waals surface area (Å²) in [7, 11) is 0. The number of rotatable bonds is 15. The smallest absolute Gasteiger partial charge is 0.338 e. The maximum absolute atomic E-state index is 13.6. The lowest BCUT2D eigenvalue weighted by Gasteiger charge is -2.45. The van der Waals surface area contributed by atoms with E-state index in [4.69, 9.17) is 23.7 Å². The van der Waals surface area contributed by atoms with Gasteiger partial charge in [0.2, 0.25) is 0 Å². The third kappa shape index (κ3) is 9.24. The highest BCUT2D eigenvalue weighted by Gasteiger charge is 2.50. The lowest BCUT2D eigenvalue weighted by molar-refractivity contribution is -0.384. The molecule has 0 amide bonds. The Morgan fingerprint density at radius 1 is 0.739 bits per heavy atom. The molecule has 0 aromatic heterocycles. The fourth-order valence-electron chi connectivity index (χ4n) is 5.13. The summed E-state index contributed by atoms with van der Waals surface area (Å²) in [5, 5.41) is 11.2. The van der Waals surface area contributed by atoms with Crippen LogP contribution in [-0.4, -0.2) is 53.1 Å². The van der Waals surface area contributed by atoms with Gasteiger partial charge in [-0.3, -0.25) is 10.1 Å². The van der Waals surface area contributed by atoms with Crippen molar-refractivity contribution in [2.75, 3.05) is 12.4 Å². The van der Waals surface area contributed by atoms with Gasteiger partial charge in [-0.2, -0.15) is 0 Å². The first-order valence-corrected chi connectivity index (χ1v) is 16.2. The SMILES string of the molecule is CCS[C@@H]1O[C@H](COCc2ccccc2)[C@H](OC(=O)c2ccc([N+](=O)[O-])cc2)[C@H](OCc2ccccc2)[C@H]1OCc1ccccc1. The van der Waals surface area contributed by atoms with Crippen LogP contribution in [0.5, 0.6) is 0 Å². The number of nitro benzene ring substituents is 1. The normalized spacial score (nSPS) is 21.0. The number of nitro groups is 1. The second kappa shape index (κ2) is 17.0. The first-order chi connectivity index (χ1) is 22.5. The summed E-state index contributed by atoms with van der Waals surface area (Å²) in [6.45, 7) is 3.08. The molecule has 4 aromatic rings. The quantitative estimate of drug-likeness (QED) is 0.0770. The maximum atomic E-state index is 13.6. The number of carbonyl (C=O) groups excluding carboxylic acids is 1. The van der Waals surface area contributed by atoms with E-state index in [1.807, 2.05) is 97.9 Å². The van der Waals surface area contributed by atoms with Crippen molar-refractivity contribution in [3.8, 4) is 0 Å². The van der Waals surface area contributed by atoms with Crippen molar-refractivity contribution in [2.24, 2.45) is 0 Å². The number of nitrogens with zero attached hydrogens (tertiary/aromatic N) is 1. The molecule has 1 aliphatic heterocycles. The van der Waals surface area contributed by atoms with E-state index >= 15 is 0 Å². The highest BCUT2D eigenvalue weighted by molar-refractivity contribution is 7.99. The highest BCUT2D eigenvalue weighted by Crippen LogP contribution is 2.35. The molecule has 0 bridgehead atoms. The summed E-state index contributed by atoms with van der Waals surface area (Å²) in [4.78, 5) is 24.2. The van der Waals surface area contributed by atoms with E-state index in [9.17, 15) is 14.9 Å². The monoisotopic (exact) mass is 643 g/mol. The molecule has 9 nitrogen and oxygen atoms in total. The molecule has 0 unspecified atom stereocenters. The fourth-order valence-corrected chi connectivity index (χ4v) is 6.10. The van der Waals surface area contributed by atoms with Gasteiger partial charge in [0.1, 0.15) is 23.7 Å². The number of hydrogen-bond donors (Lipinski definition) is 0. The second-order valence-corrected chi connectivity index (χ2v) is 12.1. The standard InChI is InChI=1S/C36H37NO8S/c1-2-46-36-34(43-24-28-16-10-5-11-17-28)33(42-23-27-14-8-4-9-15-27)32(31(44-36)25-41-22-26-12-6-3-7-13-26)45-35(38)29-18-20-30(21-19-29)37(39)40/h3-21,31-34,36H,2,22-25H2,1H3/t31-,32+,33+,34-,36+/m1/s1. The fraction of sp³-hybridized carbons (Fsp3) is 0.306. The van der Waals surface area contributed by atoms with E-state index in [0.717, 1.165) is 22.4 Å². The van der Waals surface area contributed by atoms with Crippen LogP contribution in [0.25, 0.3) is 0 Å². The van der Waals surface area contributed by atoms with E-state index in [0.29, 0.717) is 13.2 Å². The van der Waals surface area contributed by atoms with Crippen molar-refractivity contribution in [1.82, 2.24) is 0 Å². The Hall–Kier alpha value is -4.06. The van der Waals surface area contributed by atoms with Crippen LogP contribution in [0.15, 0.2) is 115 Å². The molecule has 0 saturated carbocycles. The van der Waals surface area contributed by atoms with E-state index in [2.05, 4.69) is 0 Å². The molecule has 5 rings (SSSR count). The van der Waals surface area contributed by atoms with Gasteiger partial charge in [0.15, 0.2) is 6.10 Å². The van der Waals surface area contributed by atoms with Crippen LogP contribution in [0, 0.1) is 10.1 Å². The number of benzene rings is 4. The van der Waals surface area contributed by atoms with Crippen molar-refractivity contribution in [3.05, 3.63) is 148 Å². The Morgan fingerprint density at radius 3 is 1.78 bits per heavy atom. The van der Waals surface area contributed by atoms with Crippen molar-refractivity contribution >= 4 is 23.4 Å². The number of esters is 1. The van der Waals surface area contributed by atoms with E-state index in [1.165, 1.54) is 24.3 Å². The molecule has 46 heavy (non-hydrogen) atoms. The van der Waals surface area contributed by atoms with Gasteiger partial charge in [0.25, 0.3) is 5.69 Å². The zero-order chi connectivity index (χ0) is 32.1. The summed E-state index contributed by atoms with van der Waals surface area (Å²) in [5.74, 6) is 0.0971. The van der Waals surface area contributed by atoms with Crippen molar-refractivity contribution in [1.29, 1.82) is 0 Å². The average Bonchev–Trinajstić information content (AvgIpc) is 3.09. The molecule has 10 heteroatoms. The Labute approximate surface area is 272 Å². The average molecular weight is 644 g/mol. The molecule has 5 atom stereocenters. The van der Waals surface area contributed by atoms with Gasteiger partial charge in [-0.05, 0) is 34.6 Å². The zero-order valence-corrected chi connectivity index (χ0v) is 26.3. The van der Waals surface area contributed by atoms with Crippen molar-refractivity contribution < 1.29 is 33.4 Å². The van der Waals surface area contributed by atoms with Gasteiger partial charge in [-0.25, -0.2) is 4.79 Å². The molecular formula is C36H37NO8S. The summed E-state index contributed by atoms with van der Waals surface area (Å²) in [6, 6.07) is 34.7. The van der Waals surface area contributed by atoms with Crippen LogP contribution < -0.4 is 0 Å². The van der Waals surface area contributed by atoms with Crippen LogP contribution in [0.4, 0.5) is 5.69 Å². The van der Waals surface area contributed by atoms with Crippen LogP contribution in [0.2, 0.25) is 0 Å². The molecular weight excluding hydrogens is 606 g/mol. The van der Waals surface area contributed by atoms with E-state index in [-0.39, 0.29) is 24.5 Å². The molecule has 4 aromatic carbocycles. The molecule has 1 saturated heterocycles. The van der Waals surface area contributed by atoms with Crippen molar-refractivity contribution in [2.45, 2.75) is 56.6 Å². The third-order valence-corrected chi connectivity index (χ3v) is 8.48. The molecule has 0 N–H and O–H groups in total. The van der Waals surface area contributed by atoms with E-state index in [1.54, 1.807) is 11.8 Å². The second-order valence-electron chi connectivity index (χ2n) is 10.7. The largest absolute Gasteiger partial charge is 0.453 e. The van der Waals surface area contributed by atoms with E-state index < -0.39 is 40.7 Å². The summed E-state index contributed by atoms with van der Waals surface area (Å²) in [5.41, 5.74) is 2.54. The van der Waals surface area contributed by atoms with Crippen LogP contribution in [-0.2, 0) is 43.5 Å². The molecule has 1 fully saturated rings. The van der Waals surface area contributed by atoms with Crippen LogP contribution >= 0.6 is 11.8 Å². The summed E-state index contributed by atoms with van der Waals surface area (Å²) in [6.07, 6.45) is -2.94. The number of non-ortho nitro benzene ring substituents is 1. The van der Waals surface area contributed by atoms with Gasteiger partial charge in [0.05, 0.1) is 36.9 Å². The molecule has 1 aliphatic rings. The highest BCUT2D eigenvalue weighted by atomic mass is 32.2. The van der Waals surface area contributed by atoms with Gasteiger partial charge >= 0.3 is 5.97 Å². The molecule has 240 valence electrons. The Balaban J connectivity index is 1.45. The summed E-state index contributed by atoms with van der Waals surface area (Å²) >= 11 is 1.59. The van der Waals surface area contributed by atoms with Gasteiger partial charge in [0, 0.05) is 12.1 Å². The lowest BCUT2D eigenvalue weighted by atomic mass is 9.98. The topological polar surface area (TPSA) is 106 Å². The molecule has 0 aliphatic carbocycles. The van der Waals surface area contributed by atoms with Gasteiger partial charge < -0.3 is 23.7 Å². The summed E-state index contributed by atoms with van der Waals surface area (Å²) < 4.78 is 32.1. The van der Waals surface area contributed by atoms with Gasteiger partial charge in [-0.1, -0.05) is 97.9 Å². The minimum atomic E-state index is -0.920. The maximum Gasteiger partial charge on any atom is 0.338 e. The zero-order valence-electron chi connectivity index (χ0n) is 25.5. The number of ether oxygens (including phenoxy) is 5. The molecule has 1 heterocycles. The number of carbonyl (C=O) groups is 1. The minimum Gasteiger partial charge on any atom is -0.453 e. The Kier molecular flexibility index (Phi) is 12.3. The Morgan fingerprint density at radius 2 is 1.26 bits per heavy atom. The number of thioether (sulfide) groups is 1. The predicted molar refractivity (Wildman–Crippen MR) is 175 cm³/mol. The minimum absolute atomic E-state index is 0.123. The Bertz CT molecular complexity index is 1510. The van der Waals surface area contributed by atoms with Crippen LogP contribution in [0.1, 0.15) is 34.0 Å². The molecule has 0 spiro atoms.